The van der Waals surface area contributed by atoms with E-state index in [1.165, 1.54) is 12.1 Å². The van der Waals surface area contributed by atoms with Crippen LogP contribution in [0, 0.1) is 11.7 Å². The Morgan fingerprint density at radius 1 is 1.50 bits per heavy atom. The third kappa shape index (κ3) is 3.23. The van der Waals surface area contributed by atoms with Crippen LogP contribution in [0.25, 0.3) is 0 Å². The van der Waals surface area contributed by atoms with Gasteiger partial charge in [0, 0.05) is 11.9 Å². The predicted molar refractivity (Wildman–Crippen MR) is 73.4 cm³/mol. The summed E-state index contributed by atoms with van der Waals surface area (Å²) in [6.45, 7) is 0.602. The van der Waals surface area contributed by atoms with Crippen LogP contribution in [-0.4, -0.2) is 17.8 Å². The van der Waals surface area contributed by atoms with Crippen LogP contribution in [0.2, 0.25) is 0 Å². The van der Waals surface area contributed by atoms with Crippen molar-refractivity contribution in [2.45, 2.75) is 24.6 Å². The third-order valence-electron chi connectivity index (χ3n) is 3.22. The van der Waals surface area contributed by atoms with E-state index in [9.17, 15) is 9.18 Å². The molecular formula is C13H14BrClFNO. The second-order valence-electron chi connectivity index (χ2n) is 4.59. The first-order valence-corrected chi connectivity index (χ1v) is 7.17. The minimum Gasteiger partial charge on any atom is -0.352 e. The van der Waals surface area contributed by atoms with Crippen molar-refractivity contribution in [1.29, 1.82) is 0 Å². The molecule has 0 aliphatic heterocycles. The number of benzene rings is 1. The molecule has 0 radical (unpaired) electrons. The molecule has 2 rings (SSSR count). The molecule has 5 heteroatoms. The van der Waals surface area contributed by atoms with Crippen molar-refractivity contribution in [3.8, 4) is 0 Å². The van der Waals surface area contributed by atoms with Gasteiger partial charge in [-0.1, -0.05) is 6.07 Å². The Bertz CT molecular complexity index is 455. The summed E-state index contributed by atoms with van der Waals surface area (Å²) in [5, 5.41) is 3.06. The van der Waals surface area contributed by atoms with E-state index < -0.39 is 5.82 Å². The molecule has 1 saturated carbocycles. The van der Waals surface area contributed by atoms with Gasteiger partial charge in [0.05, 0.1) is 10.0 Å². The molecule has 1 fully saturated rings. The summed E-state index contributed by atoms with van der Waals surface area (Å²) in [5.74, 6) is -0.243. The third-order valence-corrected chi connectivity index (χ3v) is 4.43. The van der Waals surface area contributed by atoms with E-state index in [0.717, 1.165) is 19.3 Å². The highest BCUT2D eigenvalue weighted by Crippen LogP contribution is 2.29. The van der Waals surface area contributed by atoms with Gasteiger partial charge in [-0.15, -0.1) is 11.6 Å². The van der Waals surface area contributed by atoms with Gasteiger partial charge in [0.25, 0.3) is 5.91 Å². The van der Waals surface area contributed by atoms with Crippen molar-refractivity contribution in [2.75, 3.05) is 6.54 Å². The molecule has 0 aromatic heterocycles. The Hall–Kier alpha value is -0.610. The van der Waals surface area contributed by atoms with Crippen LogP contribution in [0.1, 0.15) is 29.6 Å². The molecule has 98 valence electrons. The van der Waals surface area contributed by atoms with Gasteiger partial charge in [-0.3, -0.25) is 4.79 Å². The van der Waals surface area contributed by atoms with E-state index >= 15 is 0 Å². The summed E-state index contributed by atoms with van der Waals surface area (Å²) in [7, 11) is 0. The molecule has 1 amide bonds. The van der Waals surface area contributed by atoms with Crippen LogP contribution in [0.3, 0.4) is 0 Å². The minimum atomic E-state index is -0.427. The fourth-order valence-corrected chi connectivity index (χ4v) is 3.03. The summed E-state index contributed by atoms with van der Waals surface area (Å²) >= 11 is 9.10. The smallest absolute Gasteiger partial charge is 0.252 e. The maximum Gasteiger partial charge on any atom is 0.252 e. The first-order chi connectivity index (χ1) is 8.58. The van der Waals surface area contributed by atoms with Crippen molar-refractivity contribution >= 4 is 33.4 Å². The zero-order valence-electron chi connectivity index (χ0n) is 9.76. The van der Waals surface area contributed by atoms with Crippen molar-refractivity contribution < 1.29 is 9.18 Å². The van der Waals surface area contributed by atoms with Gasteiger partial charge in [0.15, 0.2) is 0 Å². The Labute approximate surface area is 119 Å². The molecule has 1 aromatic rings. The first kappa shape index (κ1) is 13.8. The molecule has 0 bridgehead atoms. The lowest BCUT2D eigenvalue weighted by molar-refractivity contribution is 0.0946. The van der Waals surface area contributed by atoms with E-state index in [2.05, 4.69) is 21.2 Å². The maximum absolute atomic E-state index is 13.3. The average molecular weight is 335 g/mol. The van der Waals surface area contributed by atoms with Crippen LogP contribution >= 0.6 is 27.5 Å². The Kier molecular flexibility index (Phi) is 4.62. The molecular weight excluding hydrogens is 321 g/mol. The number of halogens is 3. The number of nitrogens with one attached hydrogen (secondary N) is 1. The number of carbonyl (C=O) groups excluding carboxylic acids is 1. The quantitative estimate of drug-likeness (QED) is 0.839. The standard InChI is InChI=1S/C13H14BrClFNO/c14-12-10(2-1-3-11(12)16)13(18)17-7-8-4-5-9(15)6-8/h1-3,8-9H,4-7H2,(H,17,18). The number of hydrogen-bond acceptors (Lipinski definition) is 1. The molecule has 1 N–H and O–H groups in total. The van der Waals surface area contributed by atoms with Gasteiger partial charge < -0.3 is 5.32 Å². The SMILES string of the molecule is O=C(NCC1CCC(Cl)C1)c1cccc(F)c1Br. The highest BCUT2D eigenvalue weighted by Gasteiger charge is 2.23. The molecule has 18 heavy (non-hydrogen) atoms. The zero-order valence-corrected chi connectivity index (χ0v) is 12.1. The lowest BCUT2D eigenvalue weighted by Gasteiger charge is -2.11. The summed E-state index contributed by atoms with van der Waals surface area (Å²) < 4.78 is 13.5. The van der Waals surface area contributed by atoms with E-state index in [0.29, 0.717) is 18.0 Å². The lowest BCUT2D eigenvalue weighted by Crippen LogP contribution is -2.28. The second-order valence-corrected chi connectivity index (χ2v) is 6.00. The average Bonchev–Trinajstić information content (AvgIpc) is 2.76. The van der Waals surface area contributed by atoms with Crippen molar-refractivity contribution in [1.82, 2.24) is 5.32 Å². The fourth-order valence-electron chi connectivity index (χ4n) is 2.21. The Morgan fingerprint density at radius 2 is 2.28 bits per heavy atom. The number of hydrogen-bond donors (Lipinski definition) is 1. The fraction of sp³-hybridized carbons (Fsp3) is 0.462. The summed E-state index contributed by atoms with van der Waals surface area (Å²) in [6, 6.07) is 4.44. The molecule has 1 aromatic carbocycles. The minimum absolute atomic E-state index is 0.212. The van der Waals surface area contributed by atoms with Crippen LogP contribution in [0.5, 0.6) is 0 Å². The molecule has 1 aliphatic carbocycles. The predicted octanol–water partition coefficient (Wildman–Crippen LogP) is 3.73. The van der Waals surface area contributed by atoms with Gasteiger partial charge in [0.1, 0.15) is 5.82 Å². The molecule has 0 spiro atoms. The number of amides is 1. The lowest BCUT2D eigenvalue weighted by atomic mass is 10.1. The van der Waals surface area contributed by atoms with Crippen molar-refractivity contribution in [3.63, 3.8) is 0 Å². The Balaban J connectivity index is 1.94. The zero-order chi connectivity index (χ0) is 13.1. The Morgan fingerprint density at radius 3 is 2.94 bits per heavy atom. The monoisotopic (exact) mass is 333 g/mol. The highest BCUT2D eigenvalue weighted by atomic mass is 79.9. The maximum atomic E-state index is 13.3. The van der Waals surface area contributed by atoms with Gasteiger partial charge in [-0.05, 0) is 53.2 Å². The van der Waals surface area contributed by atoms with Crippen LogP contribution in [-0.2, 0) is 0 Å². The van der Waals surface area contributed by atoms with Crippen molar-refractivity contribution in [2.24, 2.45) is 5.92 Å². The normalized spacial score (nSPS) is 23.1. The summed E-state index contributed by atoms with van der Waals surface area (Å²) in [5.41, 5.74) is 0.329. The largest absolute Gasteiger partial charge is 0.352 e. The molecule has 0 saturated heterocycles. The molecule has 2 unspecified atom stereocenters. The number of carbonyl (C=O) groups is 1. The van der Waals surface area contributed by atoms with E-state index in [1.54, 1.807) is 6.07 Å². The molecule has 2 atom stereocenters. The second kappa shape index (κ2) is 6.02. The van der Waals surface area contributed by atoms with E-state index in [-0.39, 0.29) is 15.8 Å². The van der Waals surface area contributed by atoms with Gasteiger partial charge in [-0.25, -0.2) is 4.39 Å². The summed E-state index contributed by atoms with van der Waals surface area (Å²) in [4.78, 5) is 11.9. The topological polar surface area (TPSA) is 29.1 Å². The summed E-state index contributed by atoms with van der Waals surface area (Å²) in [6.07, 6.45) is 2.98. The molecule has 1 aliphatic rings. The van der Waals surface area contributed by atoms with Gasteiger partial charge >= 0.3 is 0 Å². The van der Waals surface area contributed by atoms with Crippen LogP contribution in [0.4, 0.5) is 4.39 Å². The van der Waals surface area contributed by atoms with Gasteiger partial charge in [-0.2, -0.15) is 0 Å². The number of alkyl halides is 1. The number of rotatable bonds is 3. The van der Waals surface area contributed by atoms with Gasteiger partial charge in [0.2, 0.25) is 0 Å². The van der Waals surface area contributed by atoms with E-state index in [4.69, 9.17) is 11.6 Å². The van der Waals surface area contributed by atoms with Crippen LogP contribution < -0.4 is 5.32 Å². The van der Waals surface area contributed by atoms with E-state index in [1.807, 2.05) is 0 Å². The molecule has 2 nitrogen and oxygen atoms in total. The van der Waals surface area contributed by atoms with Crippen LogP contribution in [0.15, 0.2) is 22.7 Å². The van der Waals surface area contributed by atoms with Crippen molar-refractivity contribution in [3.05, 3.63) is 34.1 Å². The first-order valence-electron chi connectivity index (χ1n) is 5.94. The highest BCUT2D eigenvalue weighted by molar-refractivity contribution is 9.10. The molecule has 0 heterocycles.